The van der Waals surface area contributed by atoms with E-state index in [1.165, 1.54) is 0 Å². The van der Waals surface area contributed by atoms with Gasteiger partial charge >= 0.3 is 0 Å². The number of rotatable bonds is 0. The SMILES string of the molecule is NC1OC(N)(N)C(N)C1N. The summed E-state index contributed by atoms with van der Waals surface area (Å²) in [5.74, 6) is -1.38. The number of nitrogens with two attached hydrogens (primary N) is 5. The number of ether oxygens (including phenoxy) is 1. The molecule has 10 N–H and O–H groups in total. The fourth-order valence-electron chi connectivity index (χ4n) is 0.898. The van der Waals surface area contributed by atoms with Crippen molar-refractivity contribution in [2.45, 2.75) is 24.2 Å². The zero-order valence-corrected chi connectivity index (χ0v) is 5.53. The van der Waals surface area contributed by atoms with Gasteiger partial charge in [0.1, 0.15) is 6.23 Å². The molecule has 1 heterocycles. The van der Waals surface area contributed by atoms with E-state index < -0.39 is 24.2 Å². The summed E-state index contributed by atoms with van der Waals surface area (Å²) in [5, 5.41) is 0. The van der Waals surface area contributed by atoms with Crippen LogP contribution in [-0.4, -0.2) is 24.2 Å². The molecule has 0 spiro atoms. The highest BCUT2D eigenvalue weighted by atomic mass is 16.6. The average Bonchev–Trinajstić information content (AvgIpc) is 1.95. The number of hydrogen-bond acceptors (Lipinski definition) is 6. The molecule has 6 heteroatoms. The van der Waals surface area contributed by atoms with Gasteiger partial charge in [-0.2, -0.15) is 0 Å². The smallest absolute Gasteiger partial charge is 0.188 e. The molecule has 10 heavy (non-hydrogen) atoms. The molecule has 0 bridgehead atoms. The van der Waals surface area contributed by atoms with Crippen LogP contribution < -0.4 is 28.7 Å². The van der Waals surface area contributed by atoms with Crippen LogP contribution in [0.2, 0.25) is 0 Å². The first-order valence-electron chi connectivity index (χ1n) is 2.97. The van der Waals surface area contributed by atoms with E-state index in [1.54, 1.807) is 0 Å². The van der Waals surface area contributed by atoms with Crippen molar-refractivity contribution in [3.63, 3.8) is 0 Å². The molecule has 1 aliphatic heterocycles. The molecule has 1 aliphatic rings. The van der Waals surface area contributed by atoms with Crippen LogP contribution in [0.5, 0.6) is 0 Å². The largest absolute Gasteiger partial charge is 0.326 e. The van der Waals surface area contributed by atoms with Gasteiger partial charge in [0.25, 0.3) is 0 Å². The van der Waals surface area contributed by atoms with Gasteiger partial charge in [0.2, 0.25) is 0 Å². The van der Waals surface area contributed by atoms with Crippen LogP contribution in [0.15, 0.2) is 0 Å². The molecule has 0 aromatic carbocycles. The predicted octanol–water partition coefficient (Wildman–Crippen LogP) is -3.47. The van der Waals surface area contributed by atoms with Crippen LogP contribution in [0.4, 0.5) is 0 Å². The molecule has 0 aromatic rings. The average molecular weight is 147 g/mol. The third-order valence-corrected chi connectivity index (χ3v) is 1.66. The van der Waals surface area contributed by atoms with Crippen LogP contribution >= 0.6 is 0 Å². The molecule has 60 valence electrons. The molecular formula is C4H13N5O. The molecular weight excluding hydrogens is 134 g/mol. The molecule has 0 aromatic heterocycles. The summed E-state index contributed by atoms with van der Waals surface area (Å²) in [6, 6.07) is -1.10. The van der Waals surface area contributed by atoms with Crippen molar-refractivity contribution in [1.82, 2.24) is 0 Å². The molecule has 0 aliphatic carbocycles. The van der Waals surface area contributed by atoms with E-state index >= 15 is 0 Å². The Bertz CT molecular complexity index is 138. The minimum atomic E-state index is -1.38. The summed E-state index contributed by atoms with van der Waals surface area (Å²) < 4.78 is 4.86. The quantitative estimate of drug-likeness (QED) is 0.225. The summed E-state index contributed by atoms with van der Waals surface area (Å²) >= 11 is 0. The van der Waals surface area contributed by atoms with Crippen LogP contribution in [0.1, 0.15) is 0 Å². The minimum absolute atomic E-state index is 0.491. The maximum absolute atomic E-state index is 5.47. The molecule has 0 radical (unpaired) electrons. The lowest BCUT2D eigenvalue weighted by atomic mass is 10.1. The lowest BCUT2D eigenvalue weighted by molar-refractivity contribution is -0.0363. The van der Waals surface area contributed by atoms with Crippen molar-refractivity contribution in [2.24, 2.45) is 28.7 Å². The first-order chi connectivity index (χ1) is 4.45. The van der Waals surface area contributed by atoms with Gasteiger partial charge in [-0.05, 0) is 0 Å². The van der Waals surface area contributed by atoms with Gasteiger partial charge in [0, 0.05) is 0 Å². The first kappa shape index (κ1) is 7.86. The van der Waals surface area contributed by atoms with Crippen LogP contribution in [0, 0.1) is 0 Å². The lowest BCUT2D eigenvalue weighted by Gasteiger charge is -2.22. The molecule has 6 nitrogen and oxygen atoms in total. The Balaban J connectivity index is 2.71. The van der Waals surface area contributed by atoms with Crippen molar-refractivity contribution in [2.75, 3.05) is 0 Å². The van der Waals surface area contributed by atoms with Crippen molar-refractivity contribution < 1.29 is 4.74 Å². The van der Waals surface area contributed by atoms with Gasteiger partial charge in [-0.1, -0.05) is 0 Å². The van der Waals surface area contributed by atoms with E-state index in [0.717, 1.165) is 0 Å². The van der Waals surface area contributed by atoms with Crippen molar-refractivity contribution in [1.29, 1.82) is 0 Å². The molecule has 1 fully saturated rings. The molecule has 3 unspecified atom stereocenters. The Hall–Kier alpha value is -0.240. The summed E-state index contributed by atoms with van der Waals surface area (Å²) in [4.78, 5) is 0. The van der Waals surface area contributed by atoms with Gasteiger partial charge in [0.05, 0.1) is 12.1 Å². The van der Waals surface area contributed by atoms with E-state index in [0.29, 0.717) is 0 Å². The third-order valence-electron chi connectivity index (χ3n) is 1.66. The van der Waals surface area contributed by atoms with E-state index in [-0.39, 0.29) is 0 Å². The van der Waals surface area contributed by atoms with E-state index in [1.807, 2.05) is 0 Å². The maximum atomic E-state index is 5.47. The fourth-order valence-corrected chi connectivity index (χ4v) is 0.898. The second kappa shape index (κ2) is 2.12. The summed E-state index contributed by atoms with van der Waals surface area (Å²) in [7, 11) is 0. The van der Waals surface area contributed by atoms with Gasteiger partial charge in [0.15, 0.2) is 5.85 Å². The minimum Gasteiger partial charge on any atom is -0.326 e. The predicted molar refractivity (Wildman–Crippen MR) is 36.1 cm³/mol. The topological polar surface area (TPSA) is 139 Å². The van der Waals surface area contributed by atoms with Crippen LogP contribution in [0.25, 0.3) is 0 Å². The Kier molecular flexibility index (Phi) is 1.67. The monoisotopic (exact) mass is 147 g/mol. The van der Waals surface area contributed by atoms with Crippen molar-refractivity contribution in [3.05, 3.63) is 0 Å². The Morgan fingerprint density at radius 1 is 1.10 bits per heavy atom. The third kappa shape index (κ3) is 1.01. The highest BCUT2D eigenvalue weighted by Gasteiger charge is 2.45. The maximum Gasteiger partial charge on any atom is 0.188 e. The molecule has 1 saturated heterocycles. The first-order valence-corrected chi connectivity index (χ1v) is 2.97. The second-order valence-corrected chi connectivity index (χ2v) is 2.54. The molecule has 1 rings (SSSR count). The molecule has 3 atom stereocenters. The van der Waals surface area contributed by atoms with Crippen LogP contribution in [0.3, 0.4) is 0 Å². The zero-order chi connectivity index (χ0) is 7.94. The number of hydrogen-bond donors (Lipinski definition) is 5. The standard InChI is InChI=1S/C4H13N5O/c5-1-2(6)4(8,9)10-3(1)7/h1-3H,5-9H2. The Labute approximate surface area is 58.6 Å². The highest BCUT2D eigenvalue weighted by molar-refractivity contribution is 4.98. The zero-order valence-electron chi connectivity index (χ0n) is 5.53. The fraction of sp³-hybridized carbons (Fsp3) is 1.00. The van der Waals surface area contributed by atoms with Crippen molar-refractivity contribution in [3.8, 4) is 0 Å². The summed E-state index contributed by atoms with van der Waals surface area (Å²) in [6.07, 6.45) is -0.662. The Morgan fingerprint density at radius 3 is 1.70 bits per heavy atom. The van der Waals surface area contributed by atoms with Gasteiger partial charge in [-0.3, -0.25) is 11.5 Å². The van der Waals surface area contributed by atoms with E-state index in [9.17, 15) is 0 Å². The van der Waals surface area contributed by atoms with Gasteiger partial charge in [-0.25, -0.2) is 0 Å². The van der Waals surface area contributed by atoms with E-state index in [2.05, 4.69) is 0 Å². The lowest BCUT2D eigenvalue weighted by Crippen LogP contribution is -2.63. The second-order valence-electron chi connectivity index (χ2n) is 2.54. The molecule has 0 saturated carbocycles. The van der Waals surface area contributed by atoms with Gasteiger partial charge in [-0.15, -0.1) is 0 Å². The van der Waals surface area contributed by atoms with Gasteiger partial charge < -0.3 is 21.9 Å². The van der Waals surface area contributed by atoms with Crippen molar-refractivity contribution >= 4 is 0 Å². The molecule has 0 amide bonds. The summed E-state index contributed by atoms with van der Waals surface area (Å²) in [6.45, 7) is 0. The van der Waals surface area contributed by atoms with Crippen LogP contribution in [-0.2, 0) is 4.74 Å². The van der Waals surface area contributed by atoms with E-state index in [4.69, 9.17) is 33.4 Å². The summed E-state index contributed by atoms with van der Waals surface area (Å²) in [5.41, 5.74) is 27.0. The highest BCUT2D eigenvalue weighted by Crippen LogP contribution is 2.15. The Morgan fingerprint density at radius 2 is 1.60 bits per heavy atom. The normalized spacial score (nSPS) is 45.9.